The van der Waals surface area contributed by atoms with Gasteiger partial charge >= 0.3 is 17.9 Å². The van der Waals surface area contributed by atoms with Crippen molar-refractivity contribution in [2.45, 2.75) is 264 Å². The SMILES string of the molecule is CCCC/C=C/C/C=C/CCCCCCCC(=O)OC[C@@H](COC(=O)CCCCCCCCCCCCCCC)OC(=O)CCCCCCC/C=C/CCCCCC. The summed E-state index contributed by atoms with van der Waals surface area (Å²) in [5.41, 5.74) is 0. The Bertz CT molecular complexity index is 984. The standard InChI is InChI=1S/C52H94O6/c1-4-7-10-13-16-19-22-25-28-30-33-36-39-42-45-51(54)57-48-49(58-52(55)46-43-40-37-34-31-27-24-21-18-15-12-9-6-3)47-56-50(53)44-41-38-35-32-29-26-23-20-17-14-11-8-5-2/h13,16,21-22,24-25,49H,4-12,14-15,17-20,23,26-48H2,1-3H3/b16-13+,24-21+,25-22+/t49-/m1/s1. The van der Waals surface area contributed by atoms with E-state index in [1.54, 1.807) is 0 Å². The van der Waals surface area contributed by atoms with Crippen LogP contribution in [0.2, 0.25) is 0 Å². The highest BCUT2D eigenvalue weighted by atomic mass is 16.6. The van der Waals surface area contributed by atoms with E-state index >= 15 is 0 Å². The van der Waals surface area contributed by atoms with E-state index in [9.17, 15) is 14.4 Å². The zero-order valence-electron chi connectivity index (χ0n) is 38.6. The summed E-state index contributed by atoms with van der Waals surface area (Å²) in [6.07, 6.45) is 54.0. The Morgan fingerprint density at radius 2 is 0.638 bits per heavy atom. The van der Waals surface area contributed by atoms with E-state index in [1.807, 2.05) is 0 Å². The molecule has 0 unspecified atom stereocenters. The first kappa shape index (κ1) is 55.6. The lowest BCUT2D eigenvalue weighted by Gasteiger charge is -2.18. The van der Waals surface area contributed by atoms with Crippen LogP contribution < -0.4 is 0 Å². The van der Waals surface area contributed by atoms with Crippen LogP contribution in [0.15, 0.2) is 36.5 Å². The van der Waals surface area contributed by atoms with E-state index in [2.05, 4.69) is 57.2 Å². The molecule has 0 bridgehead atoms. The molecule has 0 radical (unpaired) electrons. The van der Waals surface area contributed by atoms with Crippen molar-refractivity contribution in [3.8, 4) is 0 Å². The van der Waals surface area contributed by atoms with Crippen molar-refractivity contribution in [3.05, 3.63) is 36.5 Å². The first-order valence-electron chi connectivity index (χ1n) is 25.0. The molecule has 0 aliphatic carbocycles. The minimum absolute atomic E-state index is 0.0774. The van der Waals surface area contributed by atoms with Gasteiger partial charge in [0.15, 0.2) is 6.10 Å². The molecule has 1 atom stereocenters. The molecule has 0 spiro atoms. The monoisotopic (exact) mass is 815 g/mol. The molecule has 0 fully saturated rings. The number of ether oxygens (including phenoxy) is 3. The molecule has 0 aromatic carbocycles. The number of hydrogen-bond acceptors (Lipinski definition) is 6. The second kappa shape index (κ2) is 47.3. The summed E-state index contributed by atoms with van der Waals surface area (Å²) in [7, 11) is 0. The molecule has 0 saturated carbocycles. The van der Waals surface area contributed by atoms with E-state index in [4.69, 9.17) is 14.2 Å². The molecule has 6 heteroatoms. The van der Waals surface area contributed by atoms with Crippen molar-refractivity contribution in [2.75, 3.05) is 13.2 Å². The van der Waals surface area contributed by atoms with E-state index in [1.165, 1.54) is 128 Å². The van der Waals surface area contributed by atoms with E-state index in [0.29, 0.717) is 19.3 Å². The summed E-state index contributed by atoms with van der Waals surface area (Å²) in [6, 6.07) is 0. The molecule has 0 N–H and O–H groups in total. The normalized spacial score (nSPS) is 12.3. The Hall–Kier alpha value is -2.37. The van der Waals surface area contributed by atoms with Gasteiger partial charge in [0.2, 0.25) is 0 Å². The van der Waals surface area contributed by atoms with Gasteiger partial charge in [0.25, 0.3) is 0 Å². The Balaban J connectivity index is 4.39. The van der Waals surface area contributed by atoms with Gasteiger partial charge < -0.3 is 14.2 Å². The third-order valence-electron chi connectivity index (χ3n) is 10.9. The highest BCUT2D eigenvalue weighted by Gasteiger charge is 2.19. The molecule has 0 rings (SSSR count). The van der Waals surface area contributed by atoms with E-state index in [0.717, 1.165) is 89.9 Å². The molecule has 0 aromatic rings. The third-order valence-corrected chi connectivity index (χ3v) is 10.9. The molecule has 0 aliphatic rings. The van der Waals surface area contributed by atoms with Gasteiger partial charge in [0.1, 0.15) is 13.2 Å². The number of allylic oxidation sites excluding steroid dienone is 6. The minimum Gasteiger partial charge on any atom is -0.462 e. The van der Waals surface area contributed by atoms with Gasteiger partial charge in [-0.3, -0.25) is 14.4 Å². The molecule has 0 saturated heterocycles. The summed E-state index contributed by atoms with van der Waals surface area (Å²) < 4.78 is 16.8. The van der Waals surface area contributed by atoms with Crippen molar-refractivity contribution in [1.29, 1.82) is 0 Å². The maximum absolute atomic E-state index is 12.8. The fourth-order valence-electron chi connectivity index (χ4n) is 7.04. The van der Waals surface area contributed by atoms with Crippen LogP contribution in [0.25, 0.3) is 0 Å². The van der Waals surface area contributed by atoms with E-state index < -0.39 is 6.10 Å². The molecular weight excluding hydrogens is 721 g/mol. The minimum atomic E-state index is -0.777. The van der Waals surface area contributed by atoms with Crippen LogP contribution in [-0.4, -0.2) is 37.2 Å². The maximum atomic E-state index is 12.8. The first-order valence-corrected chi connectivity index (χ1v) is 25.0. The zero-order valence-corrected chi connectivity index (χ0v) is 38.6. The number of unbranched alkanes of at least 4 members (excludes halogenated alkanes) is 28. The fourth-order valence-corrected chi connectivity index (χ4v) is 7.04. The van der Waals surface area contributed by atoms with Crippen LogP contribution in [0.4, 0.5) is 0 Å². The molecule has 6 nitrogen and oxygen atoms in total. The Labute approximate surface area is 359 Å². The smallest absolute Gasteiger partial charge is 0.306 e. The molecule has 58 heavy (non-hydrogen) atoms. The van der Waals surface area contributed by atoms with Gasteiger partial charge in [-0.05, 0) is 70.6 Å². The van der Waals surface area contributed by atoms with Crippen molar-refractivity contribution < 1.29 is 28.6 Å². The molecular formula is C52H94O6. The lowest BCUT2D eigenvalue weighted by Crippen LogP contribution is -2.30. The van der Waals surface area contributed by atoms with Gasteiger partial charge in [-0.15, -0.1) is 0 Å². The molecule has 0 amide bonds. The number of rotatable bonds is 45. The van der Waals surface area contributed by atoms with Crippen molar-refractivity contribution in [1.82, 2.24) is 0 Å². The quantitative estimate of drug-likeness (QED) is 0.0264. The summed E-state index contributed by atoms with van der Waals surface area (Å²) in [5, 5.41) is 0. The number of carbonyl (C=O) groups is 3. The lowest BCUT2D eigenvalue weighted by atomic mass is 10.0. The molecule has 0 aliphatic heterocycles. The van der Waals surface area contributed by atoms with Crippen LogP contribution in [0.1, 0.15) is 258 Å². The summed E-state index contributed by atoms with van der Waals surface area (Å²) >= 11 is 0. The Morgan fingerprint density at radius 1 is 0.345 bits per heavy atom. The second-order valence-electron chi connectivity index (χ2n) is 16.7. The molecule has 0 heterocycles. The van der Waals surface area contributed by atoms with Crippen LogP contribution in [0, 0.1) is 0 Å². The number of esters is 3. The van der Waals surface area contributed by atoms with Gasteiger partial charge in [-0.2, -0.15) is 0 Å². The predicted molar refractivity (Wildman–Crippen MR) is 247 cm³/mol. The summed E-state index contributed by atoms with van der Waals surface area (Å²) in [4.78, 5) is 37.9. The Kier molecular flexibility index (Phi) is 45.4. The number of carbonyl (C=O) groups excluding carboxylic acids is 3. The highest BCUT2D eigenvalue weighted by Crippen LogP contribution is 2.15. The number of hydrogen-bond donors (Lipinski definition) is 0. The van der Waals surface area contributed by atoms with Crippen LogP contribution >= 0.6 is 0 Å². The van der Waals surface area contributed by atoms with Gasteiger partial charge in [0.05, 0.1) is 0 Å². The highest BCUT2D eigenvalue weighted by molar-refractivity contribution is 5.71. The van der Waals surface area contributed by atoms with Gasteiger partial charge in [-0.1, -0.05) is 205 Å². The summed E-state index contributed by atoms with van der Waals surface area (Å²) in [6.45, 7) is 6.57. The Morgan fingerprint density at radius 3 is 1.03 bits per heavy atom. The van der Waals surface area contributed by atoms with Crippen molar-refractivity contribution in [3.63, 3.8) is 0 Å². The first-order chi connectivity index (χ1) is 28.5. The zero-order chi connectivity index (χ0) is 42.3. The fraction of sp³-hybridized carbons (Fsp3) is 0.827. The van der Waals surface area contributed by atoms with Gasteiger partial charge in [-0.25, -0.2) is 0 Å². The topological polar surface area (TPSA) is 78.9 Å². The molecule has 0 aromatic heterocycles. The van der Waals surface area contributed by atoms with Gasteiger partial charge in [0, 0.05) is 19.3 Å². The molecule has 338 valence electrons. The second-order valence-corrected chi connectivity index (χ2v) is 16.7. The maximum Gasteiger partial charge on any atom is 0.306 e. The van der Waals surface area contributed by atoms with Crippen molar-refractivity contribution in [2.24, 2.45) is 0 Å². The summed E-state index contributed by atoms with van der Waals surface area (Å²) in [5.74, 6) is -0.894. The average molecular weight is 815 g/mol. The largest absolute Gasteiger partial charge is 0.462 e. The van der Waals surface area contributed by atoms with Crippen LogP contribution in [0.3, 0.4) is 0 Å². The van der Waals surface area contributed by atoms with E-state index in [-0.39, 0.29) is 31.1 Å². The lowest BCUT2D eigenvalue weighted by molar-refractivity contribution is -0.167. The predicted octanol–water partition coefficient (Wildman–Crippen LogP) is 16.1. The average Bonchev–Trinajstić information content (AvgIpc) is 3.22. The van der Waals surface area contributed by atoms with Crippen molar-refractivity contribution >= 4 is 17.9 Å². The third kappa shape index (κ3) is 44.7. The van der Waals surface area contributed by atoms with Crippen LogP contribution in [-0.2, 0) is 28.6 Å². The van der Waals surface area contributed by atoms with Crippen LogP contribution in [0.5, 0.6) is 0 Å².